The molecule has 1 aliphatic heterocycles. The van der Waals surface area contributed by atoms with Gasteiger partial charge in [0.2, 0.25) is 5.91 Å². The molecule has 0 aliphatic carbocycles. The molecule has 0 aromatic carbocycles. The summed E-state index contributed by atoms with van der Waals surface area (Å²) < 4.78 is 5.50. The highest BCUT2D eigenvalue weighted by molar-refractivity contribution is 5.82. The van der Waals surface area contributed by atoms with E-state index in [1.165, 1.54) is 0 Å². The lowest BCUT2D eigenvalue weighted by molar-refractivity contribution is -0.132. The monoisotopic (exact) mass is 341 g/mol. The Morgan fingerprint density at radius 3 is 2.29 bits per heavy atom. The molecule has 0 aromatic heterocycles. The Morgan fingerprint density at radius 1 is 1.25 bits per heavy atom. The predicted octanol–water partition coefficient (Wildman–Crippen LogP) is 2.46. The number of likely N-dealkylation sites (tertiary alicyclic amines) is 1. The van der Waals surface area contributed by atoms with Crippen LogP contribution in [0.3, 0.4) is 0 Å². The molecule has 0 spiro atoms. The molecular weight excluding hydrogens is 306 g/mol. The maximum atomic E-state index is 12.4. The van der Waals surface area contributed by atoms with Crippen LogP contribution in [0.4, 0.5) is 4.79 Å². The molecule has 0 aromatic rings. The summed E-state index contributed by atoms with van der Waals surface area (Å²) in [6, 6.07) is -0.390. The van der Waals surface area contributed by atoms with Crippen molar-refractivity contribution in [3.63, 3.8) is 0 Å². The number of hydrogen-bond acceptors (Lipinski definition) is 4. The zero-order valence-electron chi connectivity index (χ0n) is 16.3. The van der Waals surface area contributed by atoms with Crippen molar-refractivity contribution < 1.29 is 14.3 Å². The molecule has 1 heterocycles. The van der Waals surface area contributed by atoms with Crippen molar-refractivity contribution in [2.45, 2.75) is 72.6 Å². The van der Waals surface area contributed by atoms with Crippen LogP contribution in [0.25, 0.3) is 0 Å². The highest BCUT2D eigenvalue weighted by Crippen LogP contribution is 2.21. The minimum Gasteiger partial charge on any atom is -0.444 e. The molecule has 0 radical (unpaired) electrons. The number of nitrogens with zero attached hydrogens (tertiary/aromatic N) is 2. The molecule has 6 heteroatoms. The summed E-state index contributed by atoms with van der Waals surface area (Å²) in [6.07, 6.45) is 0.601. The molecule has 1 unspecified atom stereocenters. The van der Waals surface area contributed by atoms with Gasteiger partial charge in [-0.05, 0) is 52.9 Å². The lowest BCUT2D eigenvalue weighted by Gasteiger charge is -2.32. The second kappa shape index (κ2) is 8.19. The summed E-state index contributed by atoms with van der Waals surface area (Å²) in [7, 11) is 0. The van der Waals surface area contributed by atoms with E-state index in [0.29, 0.717) is 19.6 Å². The Kier molecular flexibility index (Phi) is 7.08. The Labute approximate surface area is 146 Å². The van der Waals surface area contributed by atoms with Crippen molar-refractivity contribution in [2.24, 2.45) is 17.6 Å². The number of carbonyl (C=O) groups excluding carboxylic acids is 2. The largest absolute Gasteiger partial charge is 0.444 e. The predicted molar refractivity (Wildman–Crippen MR) is 95.6 cm³/mol. The second-order valence-electron chi connectivity index (χ2n) is 8.44. The number of amides is 2. The molecular formula is C18H35N3O3. The molecule has 2 amide bonds. The van der Waals surface area contributed by atoms with Crippen molar-refractivity contribution >= 4 is 12.0 Å². The zero-order valence-corrected chi connectivity index (χ0v) is 16.3. The Morgan fingerprint density at radius 2 is 1.83 bits per heavy atom. The van der Waals surface area contributed by atoms with Gasteiger partial charge in [0.05, 0.1) is 6.04 Å². The topological polar surface area (TPSA) is 75.9 Å². The molecule has 0 saturated carbocycles. The van der Waals surface area contributed by atoms with Gasteiger partial charge in [0.25, 0.3) is 0 Å². The molecule has 0 bridgehead atoms. The zero-order chi connectivity index (χ0) is 18.7. The van der Waals surface area contributed by atoms with Crippen molar-refractivity contribution in [3.8, 4) is 0 Å². The third-order valence-corrected chi connectivity index (χ3v) is 4.31. The third kappa shape index (κ3) is 5.96. The molecule has 1 rings (SSSR count). The van der Waals surface area contributed by atoms with E-state index in [0.717, 1.165) is 6.42 Å². The normalized spacial score (nSPS) is 19.8. The van der Waals surface area contributed by atoms with Crippen molar-refractivity contribution in [2.75, 3.05) is 19.6 Å². The van der Waals surface area contributed by atoms with Gasteiger partial charge in [-0.2, -0.15) is 0 Å². The minimum atomic E-state index is -0.508. The van der Waals surface area contributed by atoms with Gasteiger partial charge in [0.15, 0.2) is 0 Å². The minimum absolute atomic E-state index is 0.0147. The van der Waals surface area contributed by atoms with Gasteiger partial charge >= 0.3 is 6.09 Å². The van der Waals surface area contributed by atoms with Crippen LogP contribution >= 0.6 is 0 Å². The molecule has 1 aliphatic rings. The summed E-state index contributed by atoms with van der Waals surface area (Å²) in [5.41, 5.74) is 5.47. The summed E-state index contributed by atoms with van der Waals surface area (Å²) in [5, 5.41) is 0. The Hall–Kier alpha value is -1.30. The SMILES string of the molecule is CC(C)[C@H](N)C(=O)N1CCC(CN(C(=O)OC(C)(C)C)C(C)C)C1. The van der Waals surface area contributed by atoms with E-state index in [-0.39, 0.29) is 29.9 Å². The van der Waals surface area contributed by atoms with Crippen molar-refractivity contribution in [3.05, 3.63) is 0 Å². The average molecular weight is 341 g/mol. The second-order valence-corrected chi connectivity index (χ2v) is 8.44. The molecule has 140 valence electrons. The van der Waals surface area contributed by atoms with Crippen LogP contribution in [0.1, 0.15) is 54.9 Å². The van der Waals surface area contributed by atoms with Crippen LogP contribution in [0.2, 0.25) is 0 Å². The van der Waals surface area contributed by atoms with E-state index in [2.05, 4.69) is 0 Å². The summed E-state index contributed by atoms with van der Waals surface area (Å²) in [5.74, 6) is 0.412. The van der Waals surface area contributed by atoms with Crippen LogP contribution in [0.15, 0.2) is 0 Å². The maximum Gasteiger partial charge on any atom is 0.410 e. The number of hydrogen-bond donors (Lipinski definition) is 1. The Balaban J connectivity index is 2.64. The average Bonchev–Trinajstić information content (AvgIpc) is 2.89. The molecule has 24 heavy (non-hydrogen) atoms. The van der Waals surface area contributed by atoms with Crippen LogP contribution in [0.5, 0.6) is 0 Å². The lowest BCUT2D eigenvalue weighted by Crippen LogP contribution is -2.46. The maximum absolute atomic E-state index is 12.4. The first kappa shape index (κ1) is 20.7. The van der Waals surface area contributed by atoms with Gasteiger partial charge in [-0.1, -0.05) is 13.8 Å². The quantitative estimate of drug-likeness (QED) is 0.833. The van der Waals surface area contributed by atoms with Gasteiger partial charge in [-0.15, -0.1) is 0 Å². The van der Waals surface area contributed by atoms with E-state index < -0.39 is 11.6 Å². The number of ether oxygens (including phenoxy) is 1. The van der Waals surface area contributed by atoms with Crippen LogP contribution in [0, 0.1) is 11.8 Å². The fourth-order valence-corrected chi connectivity index (χ4v) is 2.77. The molecule has 6 nitrogen and oxygen atoms in total. The van der Waals surface area contributed by atoms with Gasteiger partial charge in [0.1, 0.15) is 5.60 Å². The van der Waals surface area contributed by atoms with E-state index in [9.17, 15) is 9.59 Å². The molecule has 2 atom stereocenters. The standard InChI is InChI=1S/C18H35N3O3/c1-12(2)15(19)16(22)20-9-8-14(10-20)11-21(13(3)4)17(23)24-18(5,6)7/h12-15H,8-11,19H2,1-7H3/t14?,15-/m0/s1. The summed E-state index contributed by atoms with van der Waals surface area (Å²) in [4.78, 5) is 28.4. The first-order valence-electron chi connectivity index (χ1n) is 8.96. The summed E-state index contributed by atoms with van der Waals surface area (Å²) in [6.45, 7) is 15.5. The fraction of sp³-hybridized carbons (Fsp3) is 0.889. The Bertz CT molecular complexity index is 443. The van der Waals surface area contributed by atoms with Crippen LogP contribution in [-0.4, -0.2) is 59.1 Å². The lowest BCUT2D eigenvalue weighted by atomic mass is 10.0. The van der Waals surface area contributed by atoms with E-state index in [4.69, 9.17) is 10.5 Å². The number of carbonyl (C=O) groups is 2. The van der Waals surface area contributed by atoms with Crippen LogP contribution < -0.4 is 5.73 Å². The number of nitrogens with two attached hydrogens (primary N) is 1. The summed E-state index contributed by atoms with van der Waals surface area (Å²) >= 11 is 0. The molecule has 1 saturated heterocycles. The van der Waals surface area contributed by atoms with Crippen LogP contribution in [-0.2, 0) is 9.53 Å². The van der Waals surface area contributed by atoms with Gasteiger partial charge in [-0.25, -0.2) is 4.79 Å². The highest BCUT2D eigenvalue weighted by atomic mass is 16.6. The van der Waals surface area contributed by atoms with Gasteiger partial charge in [0, 0.05) is 25.7 Å². The third-order valence-electron chi connectivity index (χ3n) is 4.31. The smallest absolute Gasteiger partial charge is 0.410 e. The first-order valence-corrected chi connectivity index (χ1v) is 8.96. The highest BCUT2D eigenvalue weighted by Gasteiger charge is 2.33. The van der Waals surface area contributed by atoms with Crippen molar-refractivity contribution in [1.29, 1.82) is 0 Å². The molecule has 1 fully saturated rings. The molecule has 2 N–H and O–H groups in total. The van der Waals surface area contributed by atoms with E-state index in [1.807, 2.05) is 53.4 Å². The van der Waals surface area contributed by atoms with Gasteiger partial charge in [-0.3, -0.25) is 4.79 Å². The number of rotatable bonds is 5. The van der Waals surface area contributed by atoms with Gasteiger partial charge < -0.3 is 20.3 Å². The van der Waals surface area contributed by atoms with Crippen molar-refractivity contribution in [1.82, 2.24) is 9.80 Å². The fourth-order valence-electron chi connectivity index (χ4n) is 2.77. The first-order chi connectivity index (χ1) is 10.9. The van der Waals surface area contributed by atoms with E-state index >= 15 is 0 Å². The van der Waals surface area contributed by atoms with E-state index in [1.54, 1.807) is 4.90 Å².